The van der Waals surface area contributed by atoms with Crippen LogP contribution in [0.4, 0.5) is 11.4 Å². The summed E-state index contributed by atoms with van der Waals surface area (Å²) in [5.41, 5.74) is 4.61. The molecule has 0 aliphatic carbocycles. The van der Waals surface area contributed by atoms with Crippen molar-refractivity contribution in [2.24, 2.45) is 5.16 Å². The van der Waals surface area contributed by atoms with Gasteiger partial charge in [-0.3, -0.25) is 4.90 Å². The van der Waals surface area contributed by atoms with Gasteiger partial charge in [0.25, 0.3) is 0 Å². The van der Waals surface area contributed by atoms with Crippen LogP contribution in [0.3, 0.4) is 0 Å². The third kappa shape index (κ3) is 3.88. The number of methoxy groups -OCH3 is 1. The number of oxime groups is 1. The fraction of sp³-hybridized carbons (Fsp3) is 0.129. The third-order valence-corrected chi connectivity index (χ3v) is 7.24. The van der Waals surface area contributed by atoms with Crippen molar-refractivity contribution in [2.75, 3.05) is 17.3 Å². The van der Waals surface area contributed by atoms with E-state index in [0.29, 0.717) is 6.42 Å². The molecule has 0 saturated heterocycles. The molecular weight excluding hydrogens is 488 g/mol. The summed E-state index contributed by atoms with van der Waals surface area (Å²) < 4.78 is 5.46. The fourth-order valence-electron chi connectivity index (χ4n) is 5.33. The highest BCUT2D eigenvalue weighted by Crippen LogP contribution is 2.51. The Hall–Kier alpha value is -5.11. The van der Waals surface area contributed by atoms with Crippen LogP contribution in [0, 0.1) is 0 Å². The summed E-state index contributed by atoms with van der Waals surface area (Å²) in [6, 6.07) is 36.0. The summed E-state index contributed by atoms with van der Waals surface area (Å²) in [6.07, 6.45) is 2.33. The standard InChI is InChI=1S/C31H26N6O2/c1-38-25-18-16-23(17-19-25)31-20-27(28-21-32-37(34-28)24-12-6-3-7-13-24)33-26-14-8-9-15-29(26)36(31)30(35-39-31)22-10-4-2-5-11-22/h2-19,21,27,33H,20H2,1H3. The lowest BCUT2D eigenvalue weighted by atomic mass is 9.92. The van der Waals surface area contributed by atoms with E-state index in [4.69, 9.17) is 19.8 Å². The molecule has 3 heterocycles. The van der Waals surface area contributed by atoms with E-state index < -0.39 is 5.72 Å². The van der Waals surface area contributed by atoms with Crippen LogP contribution < -0.4 is 15.0 Å². The number of fused-ring (bicyclic) bond motifs is 3. The summed E-state index contributed by atoms with van der Waals surface area (Å²) >= 11 is 0. The van der Waals surface area contributed by atoms with Gasteiger partial charge in [0.15, 0.2) is 5.84 Å². The molecule has 8 nitrogen and oxygen atoms in total. The van der Waals surface area contributed by atoms with Crippen molar-refractivity contribution in [1.82, 2.24) is 15.0 Å². The van der Waals surface area contributed by atoms with Crippen LogP contribution in [-0.2, 0) is 10.6 Å². The Morgan fingerprint density at radius 1 is 0.872 bits per heavy atom. The van der Waals surface area contributed by atoms with Gasteiger partial charge in [-0.2, -0.15) is 15.0 Å². The molecule has 1 aromatic heterocycles. The lowest BCUT2D eigenvalue weighted by Gasteiger charge is -2.37. The number of benzene rings is 4. The monoisotopic (exact) mass is 514 g/mol. The third-order valence-electron chi connectivity index (χ3n) is 7.24. The average Bonchev–Trinajstić information content (AvgIpc) is 3.61. The van der Waals surface area contributed by atoms with Crippen LogP contribution in [0.25, 0.3) is 5.69 Å². The predicted molar refractivity (Wildman–Crippen MR) is 150 cm³/mol. The fourth-order valence-corrected chi connectivity index (χ4v) is 5.33. The highest BCUT2D eigenvalue weighted by atomic mass is 16.7. The molecule has 1 N–H and O–H groups in total. The van der Waals surface area contributed by atoms with Gasteiger partial charge < -0.3 is 14.9 Å². The van der Waals surface area contributed by atoms with Gasteiger partial charge in [-0.25, -0.2) is 0 Å². The maximum atomic E-state index is 6.53. The van der Waals surface area contributed by atoms with Gasteiger partial charge in [-0.1, -0.05) is 65.8 Å². The first-order chi connectivity index (χ1) is 19.2. The largest absolute Gasteiger partial charge is 0.497 e. The molecule has 0 fully saturated rings. The Kier molecular flexibility index (Phi) is 5.51. The number of rotatable bonds is 5. The van der Waals surface area contributed by atoms with Gasteiger partial charge in [-0.05, 0) is 48.5 Å². The second kappa shape index (κ2) is 9.33. The Bertz CT molecular complexity index is 1640. The first kappa shape index (κ1) is 23.0. The summed E-state index contributed by atoms with van der Waals surface area (Å²) in [6.45, 7) is 0. The lowest BCUT2D eigenvalue weighted by Crippen LogP contribution is -2.47. The van der Waals surface area contributed by atoms with Gasteiger partial charge in [0.1, 0.15) is 11.4 Å². The molecule has 192 valence electrons. The van der Waals surface area contributed by atoms with Crippen molar-refractivity contribution in [3.8, 4) is 11.4 Å². The number of aromatic nitrogens is 3. The normalized spacial score (nSPS) is 19.7. The van der Waals surface area contributed by atoms with Gasteiger partial charge in [0.2, 0.25) is 5.72 Å². The van der Waals surface area contributed by atoms with E-state index in [1.165, 1.54) is 0 Å². The molecule has 5 aromatic rings. The number of para-hydroxylation sites is 3. The van der Waals surface area contributed by atoms with Gasteiger partial charge in [-0.15, -0.1) is 0 Å². The van der Waals surface area contributed by atoms with Crippen molar-refractivity contribution in [2.45, 2.75) is 18.2 Å². The van der Waals surface area contributed by atoms with E-state index in [1.54, 1.807) is 11.9 Å². The summed E-state index contributed by atoms with van der Waals surface area (Å²) in [4.78, 5) is 10.4. The maximum absolute atomic E-state index is 6.53. The van der Waals surface area contributed by atoms with Crippen molar-refractivity contribution in [3.05, 3.63) is 132 Å². The summed E-state index contributed by atoms with van der Waals surface area (Å²) in [7, 11) is 1.67. The van der Waals surface area contributed by atoms with Crippen LogP contribution >= 0.6 is 0 Å². The minimum Gasteiger partial charge on any atom is -0.497 e. The average molecular weight is 515 g/mol. The van der Waals surface area contributed by atoms with E-state index in [9.17, 15) is 0 Å². The number of hydrogen-bond acceptors (Lipinski definition) is 7. The van der Waals surface area contributed by atoms with Crippen LogP contribution in [0.2, 0.25) is 0 Å². The number of hydrogen-bond donors (Lipinski definition) is 1. The smallest absolute Gasteiger partial charge is 0.243 e. The molecule has 7 rings (SSSR count). The zero-order chi connectivity index (χ0) is 26.2. The Morgan fingerprint density at radius 2 is 1.59 bits per heavy atom. The molecule has 0 saturated carbocycles. The number of ether oxygens (including phenoxy) is 1. The molecule has 2 aliphatic rings. The molecule has 2 atom stereocenters. The second-order valence-corrected chi connectivity index (χ2v) is 9.53. The van der Waals surface area contributed by atoms with Crippen LogP contribution in [0.5, 0.6) is 5.75 Å². The highest BCUT2D eigenvalue weighted by molar-refractivity contribution is 6.13. The SMILES string of the molecule is COc1ccc(C23CC(c4cnn(-c5ccccc5)n4)Nc4ccccc4N2C(c2ccccc2)=NO3)cc1. The Labute approximate surface area is 226 Å². The molecule has 8 heteroatoms. The Balaban J connectivity index is 1.39. The van der Waals surface area contributed by atoms with E-state index in [-0.39, 0.29) is 6.04 Å². The van der Waals surface area contributed by atoms with Crippen molar-refractivity contribution in [3.63, 3.8) is 0 Å². The highest BCUT2D eigenvalue weighted by Gasteiger charge is 2.53. The summed E-state index contributed by atoms with van der Waals surface area (Å²) in [5, 5.41) is 17.9. The number of amidine groups is 1. The molecule has 0 spiro atoms. The van der Waals surface area contributed by atoms with E-state index >= 15 is 0 Å². The molecule has 4 aromatic carbocycles. The van der Waals surface area contributed by atoms with Gasteiger partial charge in [0, 0.05) is 17.5 Å². The number of anilines is 2. The lowest BCUT2D eigenvalue weighted by molar-refractivity contribution is -0.0311. The van der Waals surface area contributed by atoms with Gasteiger partial charge in [0.05, 0.1) is 36.4 Å². The zero-order valence-corrected chi connectivity index (χ0v) is 21.3. The predicted octanol–water partition coefficient (Wildman–Crippen LogP) is 5.88. The molecule has 2 aliphatic heterocycles. The van der Waals surface area contributed by atoms with Crippen molar-refractivity contribution in [1.29, 1.82) is 0 Å². The Morgan fingerprint density at radius 3 is 2.36 bits per heavy atom. The molecule has 0 amide bonds. The van der Waals surface area contributed by atoms with Crippen LogP contribution in [0.15, 0.2) is 121 Å². The maximum Gasteiger partial charge on any atom is 0.243 e. The van der Waals surface area contributed by atoms with Gasteiger partial charge >= 0.3 is 0 Å². The first-order valence-electron chi connectivity index (χ1n) is 12.8. The minimum atomic E-state index is -0.946. The van der Waals surface area contributed by atoms with E-state index in [1.807, 2.05) is 91.1 Å². The molecule has 2 unspecified atom stereocenters. The minimum absolute atomic E-state index is 0.221. The number of nitrogens with zero attached hydrogens (tertiary/aromatic N) is 5. The van der Waals surface area contributed by atoms with Crippen LogP contribution in [0.1, 0.15) is 29.3 Å². The molecule has 39 heavy (non-hydrogen) atoms. The summed E-state index contributed by atoms with van der Waals surface area (Å²) in [5.74, 6) is 1.52. The quantitative estimate of drug-likeness (QED) is 0.315. The van der Waals surface area contributed by atoms with E-state index in [0.717, 1.165) is 45.5 Å². The second-order valence-electron chi connectivity index (χ2n) is 9.53. The van der Waals surface area contributed by atoms with Crippen molar-refractivity contribution < 1.29 is 9.57 Å². The van der Waals surface area contributed by atoms with Crippen molar-refractivity contribution >= 4 is 17.2 Å². The first-order valence-corrected chi connectivity index (χ1v) is 12.8. The van der Waals surface area contributed by atoms with Crippen LogP contribution in [-0.4, -0.2) is 27.9 Å². The molecule has 0 radical (unpaired) electrons. The topological polar surface area (TPSA) is 76.8 Å². The molecule has 0 bridgehead atoms. The molecular formula is C31H26N6O2. The van der Waals surface area contributed by atoms with E-state index in [2.05, 4.69) is 39.6 Å². The number of nitrogens with one attached hydrogen (secondary N) is 1. The zero-order valence-electron chi connectivity index (χ0n) is 21.3.